The number of nitriles is 1. The summed E-state index contributed by atoms with van der Waals surface area (Å²) in [5, 5.41) is 11.4. The Bertz CT molecular complexity index is 467. The van der Waals surface area contributed by atoms with Crippen LogP contribution in [-0.4, -0.2) is 8.42 Å². The zero-order valence-corrected chi connectivity index (χ0v) is 10.7. The molecule has 0 saturated heterocycles. The third-order valence-electron chi connectivity index (χ3n) is 1.83. The molecule has 3 N–H and O–H groups in total. The molecule has 0 atom stereocenters. The molecule has 0 fully saturated rings. The van der Waals surface area contributed by atoms with Gasteiger partial charge in [0.25, 0.3) is 10.2 Å². The lowest BCUT2D eigenvalue weighted by atomic mass is 10.0. The first-order chi connectivity index (χ1) is 7.87. The van der Waals surface area contributed by atoms with Crippen molar-refractivity contribution in [1.29, 1.82) is 5.26 Å². The van der Waals surface area contributed by atoms with Gasteiger partial charge in [-0.05, 0) is 30.0 Å². The van der Waals surface area contributed by atoms with Gasteiger partial charge in [0.05, 0.1) is 0 Å². The van der Waals surface area contributed by atoms with Crippen LogP contribution >= 0.6 is 0 Å². The number of hydrogen-bond donors (Lipinski definition) is 2. The van der Waals surface area contributed by atoms with Crippen molar-refractivity contribution in [3.05, 3.63) is 29.8 Å². The zero-order valence-electron chi connectivity index (χ0n) is 9.92. The second-order valence-electron chi connectivity index (χ2n) is 3.95. The molecule has 94 valence electrons. The average molecular weight is 255 g/mol. The Balaban J connectivity index is 0.00000121. The van der Waals surface area contributed by atoms with Crippen LogP contribution in [0.25, 0.3) is 0 Å². The molecule has 0 aliphatic carbocycles. The van der Waals surface area contributed by atoms with E-state index in [1.54, 1.807) is 12.1 Å². The molecular weight excluding hydrogens is 238 g/mol. The first-order valence-corrected chi connectivity index (χ1v) is 6.57. The van der Waals surface area contributed by atoms with Crippen LogP contribution in [0.15, 0.2) is 24.3 Å². The highest BCUT2D eigenvalue weighted by atomic mass is 32.2. The molecule has 1 aromatic carbocycles. The lowest BCUT2D eigenvalue weighted by Crippen LogP contribution is -2.21. The van der Waals surface area contributed by atoms with Crippen molar-refractivity contribution < 1.29 is 8.42 Å². The summed E-state index contributed by atoms with van der Waals surface area (Å²) in [6.07, 6.45) is 0.917. The summed E-state index contributed by atoms with van der Waals surface area (Å²) in [7, 11) is -3.67. The fraction of sp³-hybridized carbons (Fsp3) is 0.364. The number of nitrogens with one attached hydrogen (secondary N) is 1. The molecule has 0 saturated carbocycles. The van der Waals surface area contributed by atoms with E-state index in [2.05, 4.69) is 25.1 Å². The van der Waals surface area contributed by atoms with Gasteiger partial charge < -0.3 is 0 Å². The summed E-state index contributed by atoms with van der Waals surface area (Å²) < 4.78 is 23.8. The van der Waals surface area contributed by atoms with E-state index in [9.17, 15) is 8.42 Å². The molecule has 0 unspecified atom stereocenters. The van der Waals surface area contributed by atoms with Gasteiger partial charge in [0.1, 0.15) is 0 Å². The first-order valence-electron chi connectivity index (χ1n) is 5.02. The van der Waals surface area contributed by atoms with Gasteiger partial charge in [0.15, 0.2) is 0 Å². The Hall–Kier alpha value is -1.58. The van der Waals surface area contributed by atoms with Crippen LogP contribution in [0.2, 0.25) is 0 Å². The van der Waals surface area contributed by atoms with E-state index in [1.165, 1.54) is 0 Å². The van der Waals surface area contributed by atoms with Crippen LogP contribution < -0.4 is 9.86 Å². The maximum Gasteiger partial charge on any atom is 0.296 e. The minimum atomic E-state index is -3.67. The summed E-state index contributed by atoms with van der Waals surface area (Å²) in [5.74, 6) is 0.537. The van der Waals surface area contributed by atoms with Crippen LogP contribution in [-0.2, 0) is 16.6 Å². The van der Waals surface area contributed by atoms with Crippen molar-refractivity contribution in [3.8, 4) is 6.57 Å². The summed E-state index contributed by atoms with van der Waals surface area (Å²) in [6.45, 7) is 7.72. The maximum atomic E-state index is 10.8. The average Bonchev–Trinajstić information content (AvgIpc) is 2.17. The minimum Gasteiger partial charge on any atom is -0.271 e. The van der Waals surface area contributed by atoms with Crippen LogP contribution in [0.5, 0.6) is 0 Å². The van der Waals surface area contributed by atoms with Crippen LogP contribution in [0, 0.1) is 17.8 Å². The minimum absolute atomic E-state index is 0.510. The van der Waals surface area contributed by atoms with E-state index in [0.717, 1.165) is 12.0 Å². The van der Waals surface area contributed by atoms with Gasteiger partial charge in [-0.15, -0.1) is 0 Å². The molecule has 0 radical (unpaired) electrons. The Morgan fingerprint density at radius 1 is 1.41 bits per heavy atom. The van der Waals surface area contributed by atoms with E-state index in [1.807, 2.05) is 12.1 Å². The van der Waals surface area contributed by atoms with Crippen LogP contribution in [0.3, 0.4) is 0 Å². The highest BCUT2D eigenvalue weighted by molar-refractivity contribution is 7.90. The second kappa shape index (κ2) is 6.89. The van der Waals surface area contributed by atoms with Crippen molar-refractivity contribution in [3.63, 3.8) is 0 Å². The molecule has 0 spiro atoms. The Morgan fingerprint density at radius 3 is 2.47 bits per heavy atom. The van der Waals surface area contributed by atoms with Gasteiger partial charge in [0, 0.05) is 12.3 Å². The molecule has 0 aliphatic heterocycles. The van der Waals surface area contributed by atoms with E-state index in [4.69, 9.17) is 10.4 Å². The third kappa shape index (κ3) is 7.33. The van der Waals surface area contributed by atoms with E-state index < -0.39 is 10.2 Å². The number of rotatable bonds is 4. The summed E-state index contributed by atoms with van der Waals surface area (Å²) in [5.41, 5.74) is 1.61. The lowest BCUT2D eigenvalue weighted by Gasteiger charge is -2.08. The van der Waals surface area contributed by atoms with Crippen molar-refractivity contribution in [2.45, 2.75) is 20.3 Å². The highest BCUT2D eigenvalue weighted by Crippen LogP contribution is 2.14. The molecule has 6 heteroatoms. The van der Waals surface area contributed by atoms with Crippen LogP contribution in [0.4, 0.5) is 5.69 Å². The van der Waals surface area contributed by atoms with E-state index in [0.29, 0.717) is 11.6 Å². The number of nitrogens with two attached hydrogens (primary N) is 1. The van der Waals surface area contributed by atoms with Crippen molar-refractivity contribution in [1.82, 2.24) is 0 Å². The molecule has 1 rings (SSSR count). The van der Waals surface area contributed by atoms with Crippen molar-refractivity contribution in [2.24, 2.45) is 11.1 Å². The molecule has 0 aliphatic rings. The monoisotopic (exact) mass is 255 g/mol. The molecule has 0 bridgehead atoms. The molecule has 1 aromatic rings. The normalized spacial score (nSPS) is 10.5. The Morgan fingerprint density at radius 2 is 2.00 bits per heavy atom. The molecular formula is C11H17N3O2S. The maximum absolute atomic E-state index is 10.8. The predicted octanol–water partition coefficient (Wildman–Crippen LogP) is 1.64. The topological polar surface area (TPSA) is 96.0 Å². The molecule has 17 heavy (non-hydrogen) atoms. The lowest BCUT2D eigenvalue weighted by molar-refractivity contribution is 0.603. The summed E-state index contributed by atoms with van der Waals surface area (Å²) in [4.78, 5) is 0. The second-order valence-corrected chi connectivity index (χ2v) is 5.24. The zero-order chi connectivity index (χ0) is 13.5. The van der Waals surface area contributed by atoms with E-state index in [-0.39, 0.29) is 0 Å². The van der Waals surface area contributed by atoms with Crippen molar-refractivity contribution in [2.75, 3.05) is 4.72 Å². The largest absolute Gasteiger partial charge is 0.296 e. The predicted molar refractivity (Wildman–Crippen MR) is 68.4 cm³/mol. The molecule has 0 heterocycles. The smallest absolute Gasteiger partial charge is 0.271 e. The van der Waals surface area contributed by atoms with Gasteiger partial charge in [-0.1, -0.05) is 26.0 Å². The fourth-order valence-electron chi connectivity index (χ4n) is 1.40. The molecule has 0 aromatic heterocycles. The molecule has 0 amide bonds. The number of benzene rings is 1. The molecule has 5 nitrogen and oxygen atoms in total. The van der Waals surface area contributed by atoms with Gasteiger partial charge in [-0.3, -0.25) is 4.72 Å². The fourth-order valence-corrected chi connectivity index (χ4v) is 1.85. The number of hydrogen-bond acceptors (Lipinski definition) is 3. The Labute approximate surface area is 102 Å². The number of nitrogens with zero attached hydrogens (tertiary/aromatic N) is 1. The standard InChI is InChI=1S/C10H16N2O2S.CHN/c1-8(2)6-9-4-3-5-10(7-9)12-15(11,13)14;1-2/h3-5,7-8,12H,6H2,1-2H3,(H2,11,13,14);1H. The number of anilines is 1. The quantitative estimate of drug-likeness (QED) is 0.856. The summed E-state index contributed by atoms with van der Waals surface area (Å²) >= 11 is 0. The van der Waals surface area contributed by atoms with E-state index >= 15 is 0 Å². The highest BCUT2D eigenvalue weighted by Gasteiger charge is 2.03. The van der Waals surface area contributed by atoms with Gasteiger partial charge in [0.2, 0.25) is 0 Å². The first kappa shape index (κ1) is 15.4. The van der Waals surface area contributed by atoms with Gasteiger partial charge in [-0.25, -0.2) is 10.4 Å². The van der Waals surface area contributed by atoms with Gasteiger partial charge >= 0.3 is 0 Å². The van der Waals surface area contributed by atoms with Crippen LogP contribution in [0.1, 0.15) is 19.4 Å². The summed E-state index contributed by atoms with van der Waals surface area (Å²) in [6, 6.07) is 7.25. The van der Waals surface area contributed by atoms with Gasteiger partial charge in [-0.2, -0.15) is 8.42 Å². The Kier molecular flexibility index (Phi) is 6.25. The SMILES string of the molecule is C#N.CC(C)Cc1cccc(NS(N)(=O)=O)c1. The third-order valence-corrected chi connectivity index (χ3v) is 2.35. The van der Waals surface area contributed by atoms with Crippen molar-refractivity contribution >= 4 is 15.9 Å².